The smallest absolute Gasteiger partial charge is 0.0664 e. The summed E-state index contributed by atoms with van der Waals surface area (Å²) in [5.41, 5.74) is 0. The SMILES string of the molecule is CCCC(O)CNC1CCC2CCCCC2C1. The molecule has 4 unspecified atom stereocenters. The molecule has 2 fully saturated rings. The summed E-state index contributed by atoms with van der Waals surface area (Å²) in [6.07, 6.45) is 11.9. The van der Waals surface area contributed by atoms with Gasteiger partial charge in [-0.25, -0.2) is 0 Å². The number of fused-ring (bicyclic) bond motifs is 1. The highest BCUT2D eigenvalue weighted by Crippen LogP contribution is 2.40. The molecule has 0 heterocycles. The average Bonchev–Trinajstić information content (AvgIpc) is 2.36. The van der Waals surface area contributed by atoms with E-state index in [2.05, 4.69) is 12.2 Å². The lowest BCUT2D eigenvalue weighted by Crippen LogP contribution is -2.41. The van der Waals surface area contributed by atoms with Crippen LogP contribution in [0.3, 0.4) is 0 Å². The predicted molar refractivity (Wildman–Crippen MR) is 72.0 cm³/mol. The van der Waals surface area contributed by atoms with Gasteiger partial charge in [0.1, 0.15) is 0 Å². The monoisotopic (exact) mass is 239 g/mol. The van der Waals surface area contributed by atoms with E-state index < -0.39 is 0 Å². The van der Waals surface area contributed by atoms with Crippen molar-refractivity contribution in [2.45, 2.75) is 76.9 Å². The van der Waals surface area contributed by atoms with E-state index in [1.807, 2.05) is 0 Å². The summed E-state index contributed by atoms with van der Waals surface area (Å²) in [5, 5.41) is 13.3. The largest absolute Gasteiger partial charge is 0.392 e. The fourth-order valence-electron chi connectivity index (χ4n) is 3.80. The topological polar surface area (TPSA) is 32.3 Å². The summed E-state index contributed by atoms with van der Waals surface area (Å²) in [6, 6.07) is 0.681. The number of nitrogens with one attached hydrogen (secondary N) is 1. The highest BCUT2D eigenvalue weighted by molar-refractivity contribution is 4.86. The van der Waals surface area contributed by atoms with Crippen LogP contribution in [0, 0.1) is 11.8 Å². The zero-order chi connectivity index (χ0) is 12.1. The van der Waals surface area contributed by atoms with Crippen molar-refractivity contribution < 1.29 is 5.11 Å². The molecule has 2 rings (SSSR count). The van der Waals surface area contributed by atoms with Crippen LogP contribution in [0.4, 0.5) is 0 Å². The Hall–Kier alpha value is -0.0800. The molecule has 0 aromatic rings. The van der Waals surface area contributed by atoms with Crippen LogP contribution in [0.2, 0.25) is 0 Å². The summed E-state index contributed by atoms with van der Waals surface area (Å²) in [6.45, 7) is 2.94. The normalized spacial score (nSPS) is 35.3. The van der Waals surface area contributed by atoms with Crippen molar-refractivity contribution in [2.24, 2.45) is 11.8 Å². The Labute approximate surface area is 106 Å². The van der Waals surface area contributed by atoms with Crippen molar-refractivity contribution >= 4 is 0 Å². The van der Waals surface area contributed by atoms with Crippen LogP contribution in [-0.2, 0) is 0 Å². The van der Waals surface area contributed by atoms with Crippen molar-refractivity contribution in [1.29, 1.82) is 0 Å². The second-order valence-electron chi connectivity index (χ2n) is 6.17. The standard InChI is InChI=1S/C15H29NO/c1-2-5-15(17)11-16-14-9-8-12-6-3-4-7-13(12)10-14/h12-17H,2-11H2,1H3. The Bertz CT molecular complexity index is 219. The van der Waals surface area contributed by atoms with Crippen LogP contribution in [0.15, 0.2) is 0 Å². The molecule has 2 heteroatoms. The van der Waals surface area contributed by atoms with E-state index in [1.54, 1.807) is 0 Å². The molecule has 4 atom stereocenters. The van der Waals surface area contributed by atoms with Gasteiger partial charge in [0.15, 0.2) is 0 Å². The molecule has 17 heavy (non-hydrogen) atoms. The van der Waals surface area contributed by atoms with E-state index in [1.165, 1.54) is 44.9 Å². The minimum absolute atomic E-state index is 0.135. The third-order valence-electron chi connectivity index (χ3n) is 4.80. The van der Waals surface area contributed by atoms with Crippen molar-refractivity contribution in [2.75, 3.05) is 6.54 Å². The molecule has 2 aliphatic carbocycles. The Morgan fingerprint density at radius 3 is 2.65 bits per heavy atom. The summed E-state index contributed by atoms with van der Waals surface area (Å²) >= 11 is 0. The average molecular weight is 239 g/mol. The Kier molecular flexibility index (Phi) is 5.30. The van der Waals surface area contributed by atoms with Gasteiger partial charge in [-0.15, -0.1) is 0 Å². The Morgan fingerprint density at radius 1 is 1.12 bits per heavy atom. The maximum Gasteiger partial charge on any atom is 0.0664 e. The van der Waals surface area contributed by atoms with Crippen LogP contribution in [-0.4, -0.2) is 23.8 Å². The molecule has 2 nitrogen and oxygen atoms in total. The van der Waals surface area contributed by atoms with Crippen LogP contribution < -0.4 is 5.32 Å². The van der Waals surface area contributed by atoms with Gasteiger partial charge in [0.05, 0.1) is 6.10 Å². The Morgan fingerprint density at radius 2 is 1.88 bits per heavy atom. The first-order valence-electron chi connectivity index (χ1n) is 7.71. The molecule has 0 radical (unpaired) electrons. The minimum atomic E-state index is -0.135. The number of rotatable bonds is 5. The number of aliphatic hydroxyl groups excluding tert-OH is 1. The highest BCUT2D eigenvalue weighted by Gasteiger charge is 2.31. The highest BCUT2D eigenvalue weighted by atomic mass is 16.3. The summed E-state index contributed by atoms with van der Waals surface area (Å²) in [7, 11) is 0. The van der Waals surface area contributed by atoms with Crippen LogP contribution in [0.5, 0.6) is 0 Å². The van der Waals surface area contributed by atoms with E-state index in [9.17, 15) is 5.11 Å². The third-order valence-corrected chi connectivity index (χ3v) is 4.80. The summed E-state index contributed by atoms with van der Waals surface area (Å²) in [5.74, 6) is 2.01. The zero-order valence-corrected chi connectivity index (χ0v) is 11.3. The first-order valence-corrected chi connectivity index (χ1v) is 7.71. The molecule has 0 spiro atoms. The van der Waals surface area contributed by atoms with Crippen molar-refractivity contribution in [3.63, 3.8) is 0 Å². The number of aliphatic hydroxyl groups is 1. The van der Waals surface area contributed by atoms with Crippen molar-refractivity contribution in [1.82, 2.24) is 5.32 Å². The fourth-order valence-corrected chi connectivity index (χ4v) is 3.80. The maximum atomic E-state index is 9.75. The van der Waals surface area contributed by atoms with Gasteiger partial charge in [-0.3, -0.25) is 0 Å². The third kappa shape index (κ3) is 3.96. The van der Waals surface area contributed by atoms with Crippen LogP contribution in [0.25, 0.3) is 0 Å². The molecule has 0 amide bonds. The second-order valence-corrected chi connectivity index (χ2v) is 6.17. The molecule has 0 saturated heterocycles. The van der Waals surface area contributed by atoms with E-state index in [0.717, 1.165) is 31.2 Å². The van der Waals surface area contributed by atoms with Gasteiger partial charge in [0.25, 0.3) is 0 Å². The molecule has 100 valence electrons. The number of hydrogen-bond donors (Lipinski definition) is 2. The van der Waals surface area contributed by atoms with Gasteiger partial charge in [-0.1, -0.05) is 39.0 Å². The van der Waals surface area contributed by atoms with Gasteiger partial charge in [0, 0.05) is 12.6 Å². The van der Waals surface area contributed by atoms with Gasteiger partial charge in [-0.2, -0.15) is 0 Å². The molecule has 0 aromatic heterocycles. The molecule has 2 saturated carbocycles. The van der Waals surface area contributed by atoms with Gasteiger partial charge in [-0.05, 0) is 37.5 Å². The molecule has 2 N–H and O–H groups in total. The minimum Gasteiger partial charge on any atom is -0.392 e. The molecule has 0 bridgehead atoms. The summed E-state index contributed by atoms with van der Waals surface area (Å²) in [4.78, 5) is 0. The van der Waals surface area contributed by atoms with E-state index in [-0.39, 0.29) is 6.10 Å². The molecular formula is C15H29NO. The maximum absolute atomic E-state index is 9.75. The molecular weight excluding hydrogens is 210 g/mol. The fraction of sp³-hybridized carbons (Fsp3) is 1.00. The van der Waals surface area contributed by atoms with Gasteiger partial charge < -0.3 is 10.4 Å². The van der Waals surface area contributed by atoms with E-state index in [0.29, 0.717) is 6.04 Å². The summed E-state index contributed by atoms with van der Waals surface area (Å²) < 4.78 is 0. The molecule has 0 aliphatic heterocycles. The number of hydrogen-bond acceptors (Lipinski definition) is 2. The second kappa shape index (κ2) is 6.75. The zero-order valence-electron chi connectivity index (χ0n) is 11.3. The van der Waals surface area contributed by atoms with E-state index in [4.69, 9.17) is 0 Å². The van der Waals surface area contributed by atoms with Crippen LogP contribution >= 0.6 is 0 Å². The lowest BCUT2D eigenvalue weighted by atomic mass is 9.69. The molecule has 2 aliphatic rings. The lowest BCUT2D eigenvalue weighted by molar-refractivity contribution is 0.121. The van der Waals surface area contributed by atoms with Crippen LogP contribution in [0.1, 0.15) is 64.7 Å². The Balaban J connectivity index is 1.68. The van der Waals surface area contributed by atoms with E-state index >= 15 is 0 Å². The van der Waals surface area contributed by atoms with Gasteiger partial charge in [0.2, 0.25) is 0 Å². The predicted octanol–water partition coefficient (Wildman–Crippen LogP) is 3.10. The first kappa shape index (κ1) is 13.4. The van der Waals surface area contributed by atoms with Crippen molar-refractivity contribution in [3.8, 4) is 0 Å². The quantitative estimate of drug-likeness (QED) is 0.772. The van der Waals surface area contributed by atoms with Gasteiger partial charge >= 0.3 is 0 Å². The lowest BCUT2D eigenvalue weighted by Gasteiger charge is -2.39. The van der Waals surface area contributed by atoms with Crippen molar-refractivity contribution in [3.05, 3.63) is 0 Å². The first-order chi connectivity index (χ1) is 8.29. The molecule has 0 aromatic carbocycles.